The minimum Gasteiger partial charge on any atom is -0.383 e. The van der Waals surface area contributed by atoms with Gasteiger partial charge < -0.3 is 20.3 Å². The van der Waals surface area contributed by atoms with Gasteiger partial charge in [-0.3, -0.25) is 9.69 Å². The summed E-state index contributed by atoms with van der Waals surface area (Å²) in [6.07, 6.45) is 1.37. The number of rotatable bonds is 5. The standard InChI is InChI=1S/C14H21N3O4S/c1-9-3-2-4-17(9)13(19)10-5-22-12(16-10)11(18)15-6-14(20)7-21-8-14/h5,9,13,19-20H,2-4,6-8H2,1H3,(H,15,18)/t9-,13?/m0/s1. The van der Waals surface area contributed by atoms with Crippen LogP contribution in [0.4, 0.5) is 0 Å². The molecule has 0 aromatic carbocycles. The van der Waals surface area contributed by atoms with Crippen LogP contribution in [0.3, 0.4) is 0 Å². The Balaban J connectivity index is 1.59. The van der Waals surface area contributed by atoms with Crippen molar-refractivity contribution in [2.24, 2.45) is 0 Å². The lowest BCUT2D eigenvalue weighted by Gasteiger charge is -2.36. The first-order valence-corrected chi connectivity index (χ1v) is 8.34. The van der Waals surface area contributed by atoms with Gasteiger partial charge in [-0.1, -0.05) is 0 Å². The highest BCUT2D eigenvalue weighted by Crippen LogP contribution is 2.28. The molecule has 8 heteroatoms. The van der Waals surface area contributed by atoms with Crippen LogP contribution in [0, 0.1) is 0 Å². The number of thiazole rings is 1. The van der Waals surface area contributed by atoms with Crippen LogP contribution in [-0.2, 0) is 4.74 Å². The van der Waals surface area contributed by atoms with E-state index >= 15 is 0 Å². The molecule has 2 atom stereocenters. The maximum atomic E-state index is 12.0. The number of aliphatic hydroxyl groups is 2. The molecule has 2 aliphatic heterocycles. The van der Waals surface area contributed by atoms with Gasteiger partial charge in [0, 0.05) is 18.0 Å². The van der Waals surface area contributed by atoms with Gasteiger partial charge in [0.15, 0.2) is 11.2 Å². The topological polar surface area (TPSA) is 94.9 Å². The lowest BCUT2D eigenvalue weighted by Crippen LogP contribution is -2.56. The number of aromatic nitrogens is 1. The van der Waals surface area contributed by atoms with E-state index in [0.717, 1.165) is 19.4 Å². The molecule has 0 spiro atoms. The predicted molar refractivity (Wildman–Crippen MR) is 80.6 cm³/mol. The number of carbonyl (C=O) groups is 1. The second-order valence-electron chi connectivity index (χ2n) is 6.08. The third-order valence-electron chi connectivity index (χ3n) is 4.22. The van der Waals surface area contributed by atoms with Crippen molar-refractivity contribution in [3.63, 3.8) is 0 Å². The molecule has 0 saturated carbocycles. The van der Waals surface area contributed by atoms with Crippen LogP contribution in [0.1, 0.15) is 41.5 Å². The van der Waals surface area contributed by atoms with Crippen molar-refractivity contribution in [1.82, 2.24) is 15.2 Å². The summed E-state index contributed by atoms with van der Waals surface area (Å²) in [5.74, 6) is -0.335. The second-order valence-corrected chi connectivity index (χ2v) is 6.94. The van der Waals surface area contributed by atoms with Crippen LogP contribution in [0.2, 0.25) is 0 Å². The molecule has 7 nitrogen and oxygen atoms in total. The highest BCUT2D eigenvalue weighted by molar-refractivity contribution is 7.11. The molecule has 2 aliphatic rings. The van der Waals surface area contributed by atoms with Crippen molar-refractivity contribution in [2.45, 2.75) is 37.6 Å². The molecule has 2 saturated heterocycles. The monoisotopic (exact) mass is 327 g/mol. The largest absolute Gasteiger partial charge is 0.383 e. The Kier molecular flexibility index (Phi) is 4.47. The van der Waals surface area contributed by atoms with E-state index in [2.05, 4.69) is 17.2 Å². The van der Waals surface area contributed by atoms with Gasteiger partial charge in [-0.15, -0.1) is 11.3 Å². The van der Waals surface area contributed by atoms with Gasteiger partial charge in [0.05, 0.1) is 25.5 Å². The maximum Gasteiger partial charge on any atom is 0.280 e. The average Bonchev–Trinajstić information content (AvgIpc) is 3.11. The molecule has 1 amide bonds. The van der Waals surface area contributed by atoms with Gasteiger partial charge in [-0.25, -0.2) is 4.98 Å². The predicted octanol–water partition coefficient (Wildman–Crippen LogP) is 0.109. The highest BCUT2D eigenvalue weighted by atomic mass is 32.1. The van der Waals surface area contributed by atoms with Crippen molar-refractivity contribution in [3.8, 4) is 0 Å². The fraction of sp³-hybridized carbons (Fsp3) is 0.714. The number of nitrogens with zero attached hydrogens (tertiary/aromatic N) is 2. The summed E-state index contributed by atoms with van der Waals surface area (Å²) in [6, 6.07) is 0.321. The lowest BCUT2D eigenvalue weighted by molar-refractivity contribution is -0.173. The molecule has 0 radical (unpaired) electrons. The van der Waals surface area contributed by atoms with E-state index in [9.17, 15) is 15.0 Å². The summed E-state index contributed by atoms with van der Waals surface area (Å²) >= 11 is 1.20. The van der Waals surface area contributed by atoms with Gasteiger partial charge in [-0.05, 0) is 19.8 Å². The van der Waals surface area contributed by atoms with E-state index < -0.39 is 11.8 Å². The van der Waals surface area contributed by atoms with Gasteiger partial charge >= 0.3 is 0 Å². The summed E-state index contributed by atoms with van der Waals surface area (Å²) in [5.41, 5.74) is -0.449. The molecule has 22 heavy (non-hydrogen) atoms. The number of ether oxygens (including phenoxy) is 1. The minimum absolute atomic E-state index is 0.145. The Morgan fingerprint density at radius 1 is 1.68 bits per heavy atom. The van der Waals surface area contributed by atoms with Crippen molar-refractivity contribution < 1.29 is 19.7 Å². The summed E-state index contributed by atoms with van der Waals surface area (Å²) in [6.45, 7) is 3.54. The highest BCUT2D eigenvalue weighted by Gasteiger charge is 2.36. The molecule has 2 fully saturated rings. The minimum atomic E-state index is -0.958. The Morgan fingerprint density at radius 3 is 3.05 bits per heavy atom. The molecule has 3 heterocycles. The number of hydrogen-bond donors (Lipinski definition) is 3. The van der Waals surface area contributed by atoms with Crippen molar-refractivity contribution in [2.75, 3.05) is 26.3 Å². The Bertz CT molecular complexity index is 546. The molecule has 1 aromatic heterocycles. The summed E-state index contributed by atoms with van der Waals surface area (Å²) in [7, 11) is 0. The molecule has 0 aliphatic carbocycles. The molecular formula is C14H21N3O4S. The molecule has 1 unspecified atom stereocenters. The molecule has 122 valence electrons. The zero-order valence-corrected chi connectivity index (χ0v) is 13.3. The van der Waals surface area contributed by atoms with Gasteiger partial charge in [0.25, 0.3) is 5.91 Å². The third-order valence-corrected chi connectivity index (χ3v) is 5.08. The molecule has 3 N–H and O–H groups in total. The third kappa shape index (κ3) is 3.16. The first-order valence-electron chi connectivity index (χ1n) is 7.46. The Morgan fingerprint density at radius 2 is 2.45 bits per heavy atom. The van der Waals surface area contributed by atoms with Crippen molar-refractivity contribution in [1.29, 1.82) is 0 Å². The average molecular weight is 327 g/mol. The number of aliphatic hydroxyl groups excluding tert-OH is 1. The maximum absolute atomic E-state index is 12.0. The fourth-order valence-corrected chi connectivity index (χ4v) is 3.50. The SMILES string of the molecule is C[C@H]1CCCN1C(O)c1csc(C(=O)NCC2(O)COC2)n1. The molecule has 0 bridgehead atoms. The normalized spacial score (nSPS) is 25.7. The summed E-state index contributed by atoms with van der Waals surface area (Å²) < 4.78 is 4.93. The Hall–Kier alpha value is -1.06. The van der Waals surface area contributed by atoms with Crippen LogP contribution in [0.5, 0.6) is 0 Å². The van der Waals surface area contributed by atoms with E-state index in [0.29, 0.717) is 16.7 Å². The second kappa shape index (κ2) is 6.21. The van der Waals surface area contributed by atoms with Crippen LogP contribution >= 0.6 is 11.3 Å². The van der Waals surface area contributed by atoms with Gasteiger partial charge in [0.2, 0.25) is 0 Å². The Labute approximate surface area is 132 Å². The van der Waals surface area contributed by atoms with E-state index in [4.69, 9.17) is 4.74 Å². The van der Waals surface area contributed by atoms with Crippen LogP contribution < -0.4 is 5.32 Å². The first kappa shape index (κ1) is 15.8. The summed E-state index contributed by atoms with van der Waals surface area (Å²) in [4.78, 5) is 18.3. The number of carbonyl (C=O) groups excluding carboxylic acids is 1. The lowest BCUT2D eigenvalue weighted by atomic mass is 10.0. The zero-order valence-electron chi connectivity index (χ0n) is 12.5. The number of amides is 1. The number of hydrogen-bond acceptors (Lipinski definition) is 7. The smallest absolute Gasteiger partial charge is 0.280 e. The van der Waals surface area contributed by atoms with Crippen LogP contribution in [0.15, 0.2) is 5.38 Å². The zero-order chi connectivity index (χ0) is 15.7. The quantitative estimate of drug-likeness (QED) is 0.710. The van der Waals surface area contributed by atoms with E-state index in [-0.39, 0.29) is 25.7 Å². The van der Waals surface area contributed by atoms with E-state index in [1.54, 1.807) is 5.38 Å². The van der Waals surface area contributed by atoms with Gasteiger partial charge in [-0.2, -0.15) is 0 Å². The number of nitrogens with one attached hydrogen (secondary N) is 1. The summed E-state index contributed by atoms with van der Waals surface area (Å²) in [5, 5.41) is 24.9. The van der Waals surface area contributed by atoms with E-state index in [1.165, 1.54) is 11.3 Å². The molecule has 1 aromatic rings. The molecule has 3 rings (SSSR count). The van der Waals surface area contributed by atoms with Gasteiger partial charge in [0.1, 0.15) is 5.60 Å². The van der Waals surface area contributed by atoms with Crippen molar-refractivity contribution in [3.05, 3.63) is 16.1 Å². The van der Waals surface area contributed by atoms with Crippen molar-refractivity contribution >= 4 is 17.2 Å². The fourth-order valence-electron chi connectivity index (χ4n) is 2.76. The van der Waals surface area contributed by atoms with Crippen LogP contribution in [-0.4, -0.2) is 64.0 Å². The van der Waals surface area contributed by atoms with Crippen LogP contribution in [0.25, 0.3) is 0 Å². The van der Waals surface area contributed by atoms with E-state index in [1.807, 2.05) is 4.90 Å². The first-order chi connectivity index (χ1) is 10.5. The number of likely N-dealkylation sites (tertiary alicyclic amines) is 1. The molecular weight excluding hydrogens is 306 g/mol.